The molecule has 0 fully saturated rings. The molecule has 1 aromatic carbocycles. The molecule has 0 saturated heterocycles. The molecular weight excluding hydrogens is 296 g/mol. The highest BCUT2D eigenvalue weighted by Gasteiger charge is 2.04. The van der Waals surface area contributed by atoms with Crippen molar-refractivity contribution < 1.29 is 0 Å². The average Bonchev–Trinajstić information content (AvgIpc) is 2.48. The van der Waals surface area contributed by atoms with Crippen LogP contribution in [0.15, 0.2) is 30.3 Å². The number of aromatic nitrogens is 2. The van der Waals surface area contributed by atoms with Crippen LogP contribution in [0.1, 0.15) is 31.7 Å². The molecule has 0 saturated carbocycles. The number of benzene rings is 1. The van der Waals surface area contributed by atoms with Gasteiger partial charge in [-0.2, -0.15) is 0 Å². The predicted molar refractivity (Wildman–Crippen MR) is 93.8 cm³/mol. The molecule has 1 heterocycles. The fourth-order valence-corrected chi connectivity index (χ4v) is 2.20. The Hall–Kier alpha value is -1.81. The predicted octanol–water partition coefficient (Wildman–Crippen LogP) is 4.30. The lowest BCUT2D eigenvalue weighted by Crippen LogP contribution is -2.16. The van der Waals surface area contributed by atoms with Crippen LogP contribution in [0.3, 0.4) is 0 Å². The number of nitrogens with one attached hydrogen (secondary N) is 2. The van der Waals surface area contributed by atoms with Crippen molar-refractivity contribution in [3.63, 3.8) is 0 Å². The maximum absolute atomic E-state index is 5.89. The van der Waals surface area contributed by atoms with Crippen LogP contribution in [-0.2, 0) is 6.42 Å². The third-order valence-corrected chi connectivity index (χ3v) is 3.73. The van der Waals surface area contributed by atoms with E-state index in [4.69, 9.17) is 11.6 Å². The molecule has 0 spiro atoms. The van der Waals surface area contributed by atoms with Gasteiger partial charge in [-0.05, 0) is 44.4 Å². The number of rotatable bonds is 7. The van der Waals surface area contributed by atoms with Gasteiger partial charge in [0.1, 0.15) is 17.5 Å². The summed E-state index contributed by atoms with van der Waals surface area (Å²) < 4.78 is 0. The second-order valence-electron chi connectivity index (χ2n) is 5.44. The Morgan fingerprint density at radius 1 is 1.14 bits per heavy atom. The van der Waals surface area contributed by atoms with Crippen molar-refractivity contribution in [3.05, 3.63) is 46.7 Å². The van der Waals surface area contributed by atoms with Crippen molar-refractivity contribution in [1.82, 2.24) is 9.97 Å². The van der Waals surface area contributed by atoms with Crippen molar-refractivity contribution >= 4 is 23.2 Å². The van der Waals surface area contributed by atoms with Crippen LogP contribution in [-0.4, -0.2) is 22.6 Å². The number of nitrogens with zero attached hydrogens (tertiary/aromatic N) is 2. The van der Waals surface area contributed by atoms with E-state index < -0.39 is 0 Å². The lowest BCUT2D eigenvalue weighted by Gasteiger charge is -2.14. The zero-order valence-electron chi connectivity index (χ0n) is 13.4. The van der Waals surface area contributed by atoms with E-state index in [1.54, 1.807) is 0 Å². The number of hydrogen-bond donors (Lipinski definition) is 2. The first-order valence-corrected chi connectivity index (χ1v) is 8.05. The maximum atomic E-state index is 5.89. The Balaban J connectivity index is 1.93. The molecule has 2 aromatic rings. The number of anilines is 2. The molecule has 4 nitrogen and oxygen atoms in total. The molecule has 0 bridgehead atoms. The van der Waals surface area contributed by atoms with E-state index >= 15 is 0 Å². The smallest absolute Gasteiger partial charge is 0.132 e. The minimum absolute atomic E-state index is 0.399. The molecule has 2 rings (SSSR count). The molecule has 0 aliphatic rings. The molecule has 0 amide bonds. The lowest BCUT2D eigenvalue weighted by molar-refractivity contribution is 0.757. The van der Waals surface area contributed by atoms with E-state index in [-0.39, 0.29) is 0 Å². The van der Waals surface area contributed by atoms with Gasteiger partial charge in [0.2, 0.25) is 0 Å². The normalized spacial score (nSPS) is 12.0. The quantitative estimate of drug-likeness (QED) is 0.799. The summed E-state index contributed by atoms with van der Waals surface area (Å²) >= 11 is 5.89. The van der Waals surface area contributed by atoms with Gasteiger partial charge >= 0.3 is 0 Å². The van der Waals surface area contributed by atoms with Gasteiger partial charge in [0.05, 0.1) is 0 Å². The first kappa shape index (κ1) is 16.6. The van der Waals surface area contributed by atoms with Gasteiger partial charge in [-0.3, -0.25) is 0 Å². The van der Waals surface area contributed by atoms with Crippen molar-refractivity contribution in [2.75, 3.05) is 17.2 Å². The lowest BCUT2D eigenvalue weighted by atomic mass is 10.1. The van der Waals surface area contributed by atoms with E-state index in [0.717, 1.165) is 41.9 Å². The highest BCUT2D eigenvalue weighted by atomic mass is 35.5. The Kier molecular flexibility index (Phi) is 6.01. The van der Waals surface area contributed by atoms with Gasteiger partial charge in [0.25, 0.3) is 0 Å². The first-order valence-electron chi connectivity index (χ1n) is 7.67. The Morgan fingerprint density at radius 3 is 2.50 bits per heavy atom. The van der Waals surface area contributed by atoms with Crippen molar-refractivity contribution in [2.45, 2.75) is 39.7 Å². The van der Waals surface area contributed by atoms with Crippen molar-refractivity contribution in [1.29, 1.82) is 0 Å². The molecule has 1 atom stereocenters. The summed E-state index contributed by atoms with van der Waals surface area (Å²) in [5.74, 6) is 2.49. The Bertz CT molecular complexity index is 598. The van der Waals surface area contributed by atoms with Gasteiger partial charge in [0.15, 0.2) is 0 Å². The second-order valence-corrected chi connectivity index (χ2v) is 5.88. The topological polar surface area (TPSA) is 49.8 Å². The molecule has 5 heteroatoms. The van der Waals surface area contributed by atoms with Crippen molar-refractivity contribution in [3.8, 4) is 0 Å². The number of hydrogen-bond acceptors (Lipinski definition) is 4. The van der Waals surface area contributed by atoms with E-state index in [2.05, 4.69) is 34.4 Å². The van der Waals surface area contributed by atoms with Gasteiger partial charge < -0.3 is 10.6 Å². The minimum Gasteiger partial charge on any atom is -0.370 e. The van der Waals surface area contributed by atoms with Crippen LogP contribution in [0, 0.1) is 6.92 Å². The standard InChI is InChI=1S/C17H23ClN4/c1-4-12(2)20-17-11-16(21-13(3)22-17)19-10-9-14-5-7-15(18)8-6-14/h5-8,11-12H,4,9-10H2,1-3H3,(H2,19,20,21,22). The molecule has 2 N–H and O–H groups in total. The summed E-state index contributed by atoms with van der Waals surface area (Å²) in [4.78, 5) is 8.85. The number of halogens is 1. The fourth-order valence-electron chi connectivity index (χ4n) is 2.07. The molecule has 22 heavy (non-hydrogen) atoms. The molecular formula is C17H23ClN4. The van der Waals surface area contributed by atoms with E-state index in [1.165, 1.54) is 5.56 Å². The summed E-state index contributed by atoms with van der Waals surface area (Å²) in [6.45, 7) is 7.02. The zero-order chi connectivity index (χ0) is 15.9. The molecule has 0 aliphatic carbocycles. The maximum Gasteiger partial charge on any atom is 0.132 e. The van der Waals surface area contributed by atoms with Crippen LogP contribution in [0.25, 0.3) is 0 Å². The van der Waals surface area contributed by atoms with Gasteiger partial charge in [-0.1, -0.05) is 30.7 Å². The Labute approximate surface area is 137 Å². The van der Waals surface area contributed by atoms with Gasteiger partial charge in [0, 0.05) is 23.7 Å². The van der Waals surface area contributed by atoms with Gasteiger partial charge in [-0.15, -0.1) is 0 Å². The summed E-state index contributed by atoms with van der Waals surface area (Å²) in [7, 11) is 0. The summed E-state index contributed by atoms with van der Waals surface area (Å²) in [5.41, 5.74) is 1.25. The van der Waals surface area contributed by atoms with Gasteiger partial charge in [-0.25, -0.2) is 9.97 Å². The summed E-state index contributed by atoms with van der Waals surface area (Å²) in [6.07, 6.45) is 1.98. The first-order chi connectivity index (χ1) is 10.6. The molecule has 118 valence electrons. The van der Waals surface area contributed by atoms with E-state index in [0.29, 0.717) is 6.04 Å². The highest BCUT2D eigenvalue weighted by molar-refractivity contribution is 6.30. The minimum atomic E-state index is 0.399. The molecule has 1 unspecified atom stereocenters. The molecule has 0 aliphatic heterocycles. The monoisotopic (exact) mass is 318 g/mol. The average molecular weight is 319 g/mol. The third-order valence-electron chi connectivity index (χ3n) is 3.48. The van der Waals surface area contributed by atoms with Crippen LogP contribution < -0.4 is 10.6 Å². The SMILES string of the molecule is CCC(C)Nc1cc(NCCc2ccc(Cl)cc2)nc(C)n1. The second kappa shape index (κ2) is 7.99. The largest absolute Gasteiger partial charge is 0.370 e. The molecule has 1 aromatic heterocycles. The zero-order valence-corrected chi connectivity index (χ0v) is 14.1. The fraction of sp³-hybridized carbons (Fsp3) is 0.412. The van der Waals surface area contributed by atoms with E-state index in [1.807, 2.05) is 37.3 Å². The summed E-state index contributed by atoms with van der Waals surface area (Å²) in [6, 6.07) is 10.3. The number of aryl methyl sites for hydroxylation is 1. The molecule has 0 radical (unpaired) electrons. The van der Waals surface area contributed by atoms with E-state index in [9.17, 15) is 0 Å². The summed E-state index contributed by atoms with van der Waals surface area (Å²) in [5, 5.41) is 7.50. The van der Waals surface area contributed by atoms with Crippen LogP contribution in [0.5, 0.6) is 0 Å². The van der Waals surface area contributed by atoms with Crippen LogP contribution in [0.2, 0.25) is 5.02 Å². The van der Waals surface area contributed by atoms with Crippen LogP contribution >= 0.6 is 11.6 Å². The van der Waals surface area contributed by atoms with Crippen LogP contribution in [0.4, 0.5) is 11.6 Å². The van der Waals surface area contributed by atoms with Crippen molar-refractivity contribution in [2.24, 2.45) is 0 Å². The highest BCUT2D eigenvalue weighted by Crippen LogP contribution is 2.14. The third kappa shape index (κ3) is 5.19. The Morgan fingerprint density at radius 2 is 1.82 bits per heavy atom.